The summed E-state index contributed by atoms with van der Waals surface area (Å²) in [6.45, 7) is 8.22. The number of nitrogens with zero attached hydrogens (tertiary/aromatic N) is 2. The number of guanidine groups is 1. The van der Waals surface area contributed by atoms with Gasteiger partial charge in [-0.05, 0) is 43.5 Å². The van der Waals surface area contributed by atoms with Gasteiger partial charge in [0, 0.05) is 50.7 Å². The van der Waals surface area contributed by atoms with Gasteiger partial charge in [-0.25, -0.2) is 0 Å². The summed E-state index contributed by atoms with van der Waals surface area (Å²) in [5, 5.41) is 7.30. The summed E-state index contributed by atoms with van der Waals surface area (Å²) in [6.07, 6.45) is 4.66. The number of aliphatic imine (C=N–C) groups is 1. The van der Waals surface area contributed by atoms with Gasteiger partial charge in [0.2, 0.25) is 0 Å². The van der Waals surface area contributed by atoms with Crippen LogP contribution in [0, 0.1) is 0 Å². The van der Waals surface area contributed by atoms with E-state index in [2.05, 4.69) is 69.5 Å². The van der Waals surface area contributed by atoms with Gasteiger partial charge in [-0.2, -0.15) is 11.8 Å². The van der Waals surface area contributed by atoms with E-state index in [1.165, 1.54) is 24.9 Å². The summed E-state index contributed by atoms with van der Waals surface area (Å²) in [5.41, 5.74) is 1.39. The van der Waals surface area contributed by atoms with E-state index in [-0.39, 0.29) is 4.75 Å². The van der Waals surface area contributed by atoms with E-state index in [1.54, 1.807) is 0 Å². The summed E-state index contributed by atoms with van der Waals surface area (Å²) in [5.74, 6) is 2.08. The first kappa shape index (κ1) is 21.5. The molecule has 2 fully saturated rings. The third kappa shape index (κ3) is 6.39. The molecule has 2 saturated heterocycles. The second kappa shape index (κ2) is 11.1. The smallest absolute Gasteiger partial charge is 0.191 e. The molecule has 0 bridgehead atoms. The maximum atomic E-state index is 5.59. The Bertz CT molecular complexity index is 598. The van der Waals surface area contributed by atoms with Crippen LogP contribution in [0.15, 0.2) is 35.3 Å². The van der Waals surface area contributed by atoms with Crippen molar-refractivity contribution in [2.75, 3.05) is 45.6 Å². The molecule has 1 aromatic rings. The molecule has 2 heterocycles. The first-order chi connectivity index (χ1) is 13.7. The number of thioether (sulfide) groups is 1. The van der Waals surface area contributed by atoms with Gasteiger partial charge < -0.3 is 15.4 Å². The molecule has 156 valence electrons. The van der Waals surface area contributed by atoms with Crippen molar-refractivity contribution in [1.29, 1.82) is 0 Å². The van der Waals surface area contributed by atoms with Crippen LogP contribution in [0.1, 0.15) is 38.2 Å². The lowest BCUT2D eigenvalue weighted by Gasteiger charge is -2.38. The molecule has 28 heavy (non-hydrogen) atoms. The van der Waals surface area contributed by atoms with Crippen molar-refractivity contribution in [3.63, 3.8) is 0 Å². The quantitative estimate of drug-likeness (QED) is 0.540. The number of nitrogens with one attached hydrogen (secondary N) is 2. The van der Waals surface area contributed by atoms with Crippen LogP contribution >= 0.6 is 11.8 Å². The van der Waals surface area contributed by atoms with Crippen LogP contribution in [-0.4, -0.2) is 67.3 Å². The van der Waals surface area contributed by atoms with Gasteiger partial charge in [-0.1, -0.05) is 37.3 Å². The molecule has 0 saturated carbocycles. The molecule has 2 N–H and O–H groups in total. The van der Waals surface area contributed by atoms with E-state index in [9.17, 15) is 0 Å². The second-order valence-electron chi connectivity index (χ2n) is 7.86. The Morgan fingerprint density at radius 2 is 2.07 bits per heavy atom. The van der Waals surface area contributed by atoms with Crippen molar-refractivity contribution in [1.82, 2.24) is 15.5 Å². The zero-order valence-corrected chi connectivity index (χ0v) is 18.3. The number of likely N-dealkylation sites (tertiary alicyclic amines) is 1. The summed E-state index contributed by atoms with van der Waals surface area (Å²) in [7, 11) is 1.88. The van der Waals surface area contributed by atoms with E-state index in [0.717, 1.165) is 57.4 Å². The van der Waals surface area contributed by atoms with Crippen LogP contribution in [-0.2, 0) is 11.3 Å². The van der Waals surface area contributed by atoms with Gasteiger partial charge in [0.05, 0.1) is 0 Å². The molecule has 6 heteroatoms. The van der Waals surface area contributed by atoms with Crippen molar-refractivity contribution < 1.29 is 4.74 Å². The Hall–Kier alpha value is -1.24. The first-order valence-corrected chi connectivity index (χ1v) is 11.7. The van der Waals surface area contributed by atoms with Gasteiger partial charge >= 0.3 is 0 Å². The average Bonchev–Trinajstić information content (AvgIpc) is 2.73. The second-order valence-corrected chi connectivity index (χ2v) is 9.59. The van der Waals surface area contributed by atoms with Crippen molar-refractivity contribution in [2.24, 2.45) is 4.99 Å². The van der Waals surface area contributed by atoms with E-state index in [4.69, 9.17) is 4.74 Å². The predicted octanol–water partition coefficient (Wildman–Crippen LogP) is 3.12. The fourth-order valence-electron chi connectivity index (χ4n) is 4.21. The molecule has 0 spiro atoms. The molecule has 0 aromatic heterocycles. The highest BCUT2D eigenvalue weighted by Crippen LogP contribution is 2.34. The monoisotopic (exact) mass is 404 g/mol. The molecule has 5 nitrogen and oxygen atoms in total. The maximum absolute atomic E-state index is 5.59. The summed E-state index contributed by atoms with van der Waals surface area (Å²) in [6, 6.07) is 11.2. The van der Waals surface area contributed by atoms with Crippen molar-refractivity contribution in [3.8, 4) is 0 Å². The lowest BCUT2D eigenvalue weighted by molar-refractivity contribution is 0.0781. The van der Waals surface area contributed by atoms with Crippen molar-refractivity contribution in [3.05, 3.63) is 35.9 Å². The Balaban J connectivity index is 1.49. The van der Waals surface area contributed by atoms with Crippen molar-refractivity contribution >= 4 is 17.7 Å². The van der Waals surface area contributed by atoms with E-state index >= 15 is 0 Å². The van der Waals surface area contributed by atoms with Gasteiger partial charge in [-0.3, -0.25) is 9.89 Å². The number of hydrogen-bond donors (Lipinski definition) is 2. The standard InChI is InChI=1S/C22H36N4OS/c1-3-28-22(11-14-27-15-12-22)18-24-21(23-2)25-20-10-7-13-26(17-20)16-19-8-5-4-6-9-19/h4-6,8-9,20H,3,7,10-18H2,1-2H3,(H2,23,24,25). The maximum Gasteiger partial charge on any atom is 0.191 e. The van der Waals surface area contributed by atoms with Gasteiger partial charge in [0.1, 0.15) is 0 Å². The number of ether oxygens (including phenoxy) is 1. The van der Waals surface area contributed by atoms with Gasteiger partial charge in [0.15, 0.2) is 5.96 Å². The Labute approximate surface area is 174 Å². The fourth-order valence-corrected chi connectivity index (χ4v) is 5.46. The Morgan fingerprint density at radius 1 is 1.29 bits per heavy atom. The molecule has 1 atom stereocenters. The lowest BCUT2D eigenvalue weighted by atomic mass is 9.99. The van der Waals surface area contributed by atoms with Crippen LogP contribution in [0.4, 0.5) is 0 Å². The number of benzene rings is 1. The van der Waals surface area contributed by atoms with Crippen LogP contribution in [0.3, 0.4) is 0 Å². The highest BCUT2D eigenvalue weighted by Gasteiger charge is 2.33. The minimum atomic E-state index is 0.274. The highest BCUT2D eigenvalue weighted by molar-refractivity contribution is 8.00. The van der Waals surface area contributed by atoms with Crippen molar-refractivity contribution in [2.45, 2.75) is 49.9 Å². The summed E-state index contributed by atoms with van der Waals surface area (Å²) in [4.78, 5) is 7.05. The van der Waals surface area contributed by atoms with Gasteiger partial charge in [0.25, 0.3) is 0 Å². The Kier molecular flexibility index (Phi) is 8.49. The van der Waals surface area contributed by atoms with Crippen LogP contribution in [0.2, 0.25) is 0 Å². The summed E-state index contributed by atoms with van der Waals surface area (Å²) < 4.78 is 5.87. The molecule has 3 rings (SSSR count). The molecule has 2 aliphatic rings. The SMILES string of the molecule is CCSC1(CNC(=NC)NC2CCCN(Cc3ccccc3)C2)CCOCC1. The van der Waals surface area contributed by atoms with Gasteiger partial charge in [-0.15, -0.1) is 0 Å². The average molecular weight is 405 g/mol. The van der Waals surface area contributed by atoms with Crippen LogP contribution < -0.4 is 10.6 Å². The van der Waals surface area contributed by atoms with Crippen LogP contribution in [0.5, 0.6) is 0 Å². The first-order valence-electron chi connectivity index (χ1n) is 10.7. The minimum absolute atomic E-state index is 0.274. The molecule has 0 aliphatic carbocycles. The molecular weight excluding hydrogens is 368 g/mol. The molecule has 1 aromatic carbocycles. The number of hydrogen-bond acceptors (Lipinski definition) is 4. The fraction of sp³-hybridized carbons (Fsp3) is 0.682. The molecular formula is C22H36N4OS. The minimum Gasteiger partial charge on any atom is -0.381 e. The van der Waals surface area contributed by atoms with E-state index in [1.807, 2.05) is 7.05 Å². The molecule has 2 aliphatic heterocycles. The largest absolute Gasteiger partial charge is 0.381 e. The molecule has 1 unspecified atom stereocenters. The zero-order valence-electron chi connectivity index (χ0n) is 17.5. The highest BCUT2D eigenvalue weighted by atomic mass is 32.2. The van der Waals surface area contributed by atoms with E-state index in [0.29, 0.717) is 6.04 Å². The van der Waals surface area contributed by atoms with Crippen LogP contribution in [0.25, 0.3) is 0 Å². The normalized spacial score (nSPS) is 23.4. The third-order valence-electron chi connectivity index (χ3n) is 5.75. The topological polar surface area (TPSA) is 48.9 Å². The third-order valence-corrected chi connectivity index (χ3v) is 7.21. The summed E-state index contributed by atoms with van der Waals surface area (Å²) >= 11 is 2.07. The number of piperidine rings is 1. The lowest BCUT2D eigenvalue weighted by Crippen LogP contribution is -2.53. The Morgan fingerprint density at radius 3 is 2.79 bits per heavy atom. The predicted molar refractivity (Wildman–Crippen MR) is 120 cm³/mol. The molecule has 0 amide bonds. The number of rotatable bonds is 7. The molecule has 0 radical (unpaired) electrons. The van der Waals surface area contributed by atoms with E-state index < -0.39 is 0 Å². The zero-order chi connectivity index (χ0) is 19.7.